The van der Waals surface area contributed by atoms with E-state index in [2.05, 4.69) is 5.32 Å². The van der Waals surface area contributed by atoms with E-state index in [1.165, 1.54) is 11.7 Å². The maximum atomic E-state index is 12.7. The van der Waals surface area contributed by atoms with Crippen molar-refractivity contribution in [1.82, 2.24) is 9.88 Å². The number of nitrogens with zero attached hydrogens (tertiary/aromatic N) is 1. The summed E-state index contributed by atoms with van der Waals surface area (Å²) in [4.78, 5) is 37.0. The lowest BCUT2D eigenvalue weighted by Gasteiger charge is -2.22. The number of benzene rings is 1. The Balaban J connectivity index is 2.24. The maximum Gasteiger partial charge on any atom is 0.419 e. The summed E-state index contributed by atoms with van der Waals surface area (Å²) in [5, 5.41) is 3.44. The van der Waals surface area contributed by atoms with E-state index in [1.54, 1.807) is 47.7 Å². The van der Waals surface area contributed by atoms with Crippen LogP contribution in [0.15, 0.2) is 30.5 Å². The number of hydrogen-bond donors (Lipinski definition) is 1. The molecule has 0 aliphatic carbocycles. The number of fused-ring (bicyclic) bond motifs is 1. The number of carbonyl (C=O) groups excluding carboxylic acids is 3. The SMILES string of the molecule is COC(=O)C(CCc1cn(C(=O)OC(C)(C)C)c2ccccc12)NC(=O)OC(C)(C)C. The molecule has 0 saturated carbocycles. The average Bonchev–Trinajstić information content (AvgIpc) is 3.00. The van der Waals surface area contributed by atoms with E-state index in [9.17, 15) is 14.4 Å². The lowest BCUT2D eigenvalue weighted by Crippen LogP contribution is -2.44. The van der Waals surface area contributed by atoms with Crippen molar-refractivity contribution in [3.63, 3.8) is 0 Å². The standard InChI is InChI=1S/C23H32N2O6/c1-22(2,3)30-20(27)24-17(19(26)29-7)13-12-15-14-25(21(28)31-23(4,5)6)18-11-9-8-10-16(15)18/h8-11,14,17H,12-13H2,1-7H3,(H,24,27). The van der Waals surface area contributed by atoms with Crippen molar-refractivity contribution in [1.29, 1.82) is 0 Å². The van der Waals surface area contributed by atoms with E-state index in [-0.39, 0.29) is 6.42 Å². The van der Waals surface area contributed by atoms with Gasteiger partial charge < -0.3 is 19.5 Å². The van der Waals surface area contributed by atoms with E-state index in [0.29, 0.717) is 11.9 Å². The van der Waals surface area contributed by atoms with Crippen LogP contribution in [0, 0.1) is 0 Å². The number of esters is 1. The third-order valence-electron chi connectivity index (χ3n) is 4.26. The number of aromatic nitrogens is 1. The highest BCUT2D eigenvalue weighted by atomic mass is 16.6. The largest absolute Gasteiger partial charge is 0.467 e. The van der Waals surface area contributed by atoms with Crippen LogP contribution in [0.4, 0.5) is 9.59 Å². The molecule has 31 heavy (non-hydrogen) atoms. The maximum absolute atomic E-state index is 12.7. The predicted molar refractivity (Wildman–Crippen MR) is 117 cm³/mol. The van der Waals surface area contributed by atoms with Crippen molar-refractivity contribution in [3.8, 4) is 0 Å². The highest BCUT2D eigenvalue weighted by Crippen LogP contribution is 2.24. The second kappa shape index (κ2) is 9.41. The van der Waals surface area contributed by atoms with Gasteiger partial charge in [-0.05, 0) is 66.0 Å². The summed E-state index contributed by atoms with van der Waals surface area (Å²) >= 11 is 0. The molecule has 0 bridgehead atoms. The van der Waals surface area contributed by atoms with Gasteiger partial charge >= 0.3 is 18.2 Å². The molecule has 0 aliphatic rings. The Kier molecular flexibility index (Phi) is 7.36. The van der Waals surface area contributed by atoms with Gasteiger partial charge in [0.25, 0.3) is 0 Å². The number of hydrogen-bond acceptors (Lipinski definition) is 6. The molecular formula is C23H32N2O6. The molecule has 1 aromatic carbocycles. The number of rotatable bonds is 5. The van der Waals surface area contributed by atoms with Crippen LogP contribution >= 0.6 is 0 Å². The van der Waals surface area contributed by atoms with Gasteiger partial charge in [0.2, 0.25) is 0 Å². The summed E-state index contributed by atoms with van der Waals surface area (Å²) in [5.74, 6) is -0.568. The van der Waals surface area contributed by atoms with Crippen molar-refractivity contribution < 1.29 is 28.6 Å². The van der Waals surface area contributed by atoms with Gasteiger partial charge in [0, 0.05) is 11.6 Å². The van der Waals surface area contributed by atoms with Gasteiger partial charge in [0.05, 0.1) is 12.6 Å². The van der Waals surface area contributed by atoms with Crippen LogP contribution in [0.5, 0.6) is 0 Å². The van der Waals surface area contributed by atoms with E-state index in [0.717, 1.165) is 10.9 Å². The second-order valence-corrected chi connectivity index (χ2v) is 9.28. The molecule has 2 rings (SSSR count). The van der Waals surface area contributed by atoms with Crippen LogP contribution in [0.2, 0.25) is 0 Å². The third kappa shape index (κ3) is 7.01. The molecule has 0 radical (unpaired) electrons. The van der Waals surface area contributed by atoms with E-state index in [1.807, 2.05) is 24.3 Å². The van der Waals surface area contributed by atoms with Crippen molar-refractivity contribution in [2.24, 2.45) is 0 Å². The van der Waals surface area contributed by atoms with Gasteiger partial charge in [0.15, 0.2) is 0 Å². The molecule has 0 saturated heterocycles. The number of carbonyl (C=O) groups is 3. The number of methoxy groups -OCH3 is 1. The molecule has 170 valence electrons. The molecule has 8 nitrogen and oxygen atoms in total. The first kappa shape index (κ1) is 24.2. The summed E-state index contributed by atoms with van der Waals surface area (Å²) in [7, 11) is 1.26. The number of alkyl carbamates (subject to hydrolysis) is 1. The van der Waals surface area contributed by atoms with Gasteiger partial charge in [0.1, 0.15) is 17.2 Å². The van der Waals surface area contributed by atoms with Crippen molar-refractivity contribution in [2.75, 3.05) is 7.11 Å². The average molecular weight is 433 g/mol. The van der Waals surface area contributed by atoms with Gasteiger partial charge in [-0.2, -0.15) is 0 Å². The highest BCUT2D eigenvalue weighted by Gasteiger charge is 2.26. The minimum atomic E-state index is -0.886. The summed E-state index contributed by atoms with van der Waals surface area (Å²) in [6, 6.07) is 6.57. The lowest BCUT2D eigenvalue weighted by atomic mass is 10.0. The Morgan fingerprint density at radius 3 is 2.19 bits per heavy atom. The smallest absolute Gasteiger partial charge is 0.419 e. The van der Waals surface area contributed by atoms with Crippen LogP contribution in [0.1, 0.15) is 53.5 Å². The molecule has 0 aliphatic heterocycles. The zero-order chi connectivity index (χ0) is 23.4. The number of nitrogens with one attached hydrogen (secondary N) is 1. The number of para-hydroxylation sites is 1. The fraction of sp³-hybridized carbons (Fsp3) is 0.522. The van der Waals surface area contributed by atoms with Gasteiger partial charge in [-0.1, -0.05) is 18.2 Å². The van der Waals surface area contributed by atoms with Gasteiger partial charge in [-0.15, -0.1) is 0 Å². The summed E-state index contributed by atoms with van der Waals surface area (Å²) in [6.07, 6.45) is 1.23. The van der Waals surface area contributed by atoms with Gasteiger partial charge in [-0.25, -0.2) is 14.4 Å². The van der Waals surface area contributed by atoms with E-state index >= 15 is 0 Å². The van der Waals surface area contributed by atoms with Crippen LogP contribution in [-0.4, -0.2) is 47.1 Å². The molecular weight excluding hydrogens is 400 g/mol. The van der Waals surface area contributed by atoms with Crippen LogP contribution < -0.4 is 5.32 Å². The van der Waals surface area contributed by atoms with Gasteiger partial charge in [-0.3, -0.25) is 4.57 Å². The van der Waals surface area contributed by atoms with Crippen molar-refractivity contribution in [2.45, 2.75) is 71.6 Å². The molecule has 0 fully saturated rings. The van der Waals surface area contributed by atoms with Crippen molar-refractivity contribution in [3.05, 3.63) is 36.0 Å². The van der Waals surface area contributed by atoms with E-state index < -0.39 is 35.4 Å². The normalized spacial score (nSPS) is 12.9. The number of ether oxygens (including phenoxy) is 3. The Hall–Kier alpha value is -3.03. The van der Waals surface area contributed by atoms with E-state index in [4.69, 9.17) is 14.2 Å². The first-order valence-electron chi connectivity index (χ1n) is 10.2. The quantitative estimate of drug-likeness (QED) is 0.555. The predicted octanol–water partition coefficient (Wildman–Crippen LogP) is 4.42. The number of amides is 1. The minimum absolute atomic E-state index is 0.272. The summed E-state index contributed by atoms with van der Waals surface area (Å²) in [6.45, 7) is 10.6. The Morgan fingerprint density at radius 1 is 1.00 bits per heavy atom. The minimum Gasteiger partial charge on any atom is -0.467 e. The Bertz CT molecular complexity index is 949. The molecule has 2 aromatic rings. The molecule has 8 heteroatoms. The molecule has 1 N–H and O–H groups in total. The fourth-order valence-electron chi connectivity index (χ4n) is 3.05. The second-order valence-electron chi connectivity index (χ2n) is 9.28. The molecule has 1 unspecified atom stereocenters. The Morgan fingerprint density at radius 2 is 1.61 bits per heavy atom. The molecule has 1 atom stereocenters. The van der Waals surface area contributed by atoms with Crippen LogP contribution in [0.25, 0.3) is 10.9 Å². The first-order valence-corrected chi connectivity index (χ1v) is 10.2. The van der Waals surface area contributed by atoms with Crippen LogP contribution in [0.3, 0.4) is 0 Å². The summed E-state index contributed by atoms with van der Waals surface area (Å²) in [5.41, 5.74) is 0.240. The zero-order valence-corrected chi connectivity index (χ0v) is 19.3. The highest BCUT2D eigenvalue weighted by molar-refractivity contribution is 5.92. The first-order chi connectivity index (χ1) is 14.3. The molecule has 1 heterocycles. The summed E-state index contributed by atoms with van der Waals surface area (Å²) < 4.78 is 17.0. The molecule has 1 amide bonds. The molecule has 0 spiro atoms. The van der Waals surface area contributed by atoms with Crippen molar-refractivity contribution >= 4 is 29.1 Å². The zero-order valence-electron chi connectivity index (χ0n) is 19.3. The third-order valence-corrected chi connectivity index (χ3v) is 4.26. The van der Waals surface area contributed by atoms with Crippen LogP contribution in [-0.2, 0) is 25.4 Å². The fourth-order valence-corrected chi connectivity index (χ4v) is 3.05. The topological polar surface area (TPSA) is 95.9 Å². The lowest BCUT2D eigenvalue weighted by molar-refractivity contribution is -0.143. The molecule has 1 aromatic heterocycles. The number of aryl methyl sites for hydroxylation is 1. The monoisotopic (exact) mass is 432 g/mol. The Labute approximate surface area is 182 Å².